The highest BCUT2D eigenvalue weighted by atomic mass is 16.7. The Morgan fingerprint density at radius 3 is 0.941 bits per heavy atom. The minimum atomic E-state index is -1.64. The van der Waals surface area contributed by atoms with Gasteiger partial charge in [-0.15, -0.1) is 0 Å². The van der Waals surface area contributed by atoms with Gasteiger partial charge < -0.3 is 33.3 Å². The number of allylic oxidation sites excluding steroid dienone is 30. The summed E-state index contributed by atoms with van der Waals surface area (Å²) in [4.78, 5) is 37.4. The van der Waals surface area contributed by atoms with E-state index in [0.717, 1.165) is 148 Å². The first-order chi connectivity index (χ1) is 41.6. The van der Waals surface area contributed by atoms with E-state index < -0.39 is 30.3 Å². The van der Waals surface area contributed by atoms with Crippen LogP contribution in [0.2, 0.25) is 0 Å². The van der Waals surface area contributed by atoms with Crippen molar-refractivity contribution in [1.82, 2.24) is 0 Å². The Morgan fingerprint density at radius 1 is 0.353 bits per heavy atom. The molecule has 0 amide bonds. The van der Waals surface area contributed by atoms with Crippen LogP contribution in [0.4, 0.5) is 0 Å². The number of carbonyl (C=O) groups excluding carboxylic acids is 3. The van der Waals surface area contributed by atoms with Gasteiger partial charge in [-0.2, -0.15) is 0 Å². The van der Waals surface area contributed by atoms with Crippen LogP contribution in [0.15, 0.2) is 182 Å². The predicted molar refractivity (Wildman–Crippen MR) is 361 cm³/mol. The van der Waals surface area contributed by atoms with Gasteiger partial charge in [-0.1, -0.05) is 254 Å². The molecular formula is C76H119NO8. The first kappa shape index (κ1) is 79.4. The summed E-state index contributed by atoms with van der Waals surface area (Å²) in [6, 6.07) is 0. The monoisotopic (exact) mass is 1170 g/mol. The lowest BCUT2D eigenvalue weighted by Gasteiger charge is -2.26. The minimum absolute atomic E-state index is 0.131. The molecule has 0 saturated carbocycles. The number of quaternary nitrogens is 1. The number of esters is 2. The summed E-state index contributed by atoms with van der Waals surface area (Å²) in [5.74, 6) is -2.35. The number of unbranched alkanes of at least 4 members (excludes halogenated alkanes) is 13. The Bertz CT molecular complexity index is 2050. The summed E-state index contributed by atoms with van der Waals surface area (Å²) < 4.78 is 22.7. The zero-order valence-electron chi connectivity index (χ0n) is 54.1. The largest absolute Gasteiger partial charge is 0.545 e. The first-order valence-electron chi connectivity index (χ1n) is 32.9. The van der Waals surface area contributed by atoms with Gasteiger partial charge in [-0.05, 0) is 135 Å². The number of carboxylic acids is 1. The summed E-state index contributed by atoms with van der Waals surface area (Å²) in [6.07, 6.45) is 95.2. The second-order valence-electron chi connectivity index (χ2n) is 22.3. The molecule has 0 fully saturated rings. The van der Waals surface area contributed by atoms with E-state index in [0.29, 0.717) is 23.9 Å². The van der Waals surface area contributed by atoms with E-state index >= 15 is 0 Å². The SMILES string of the molecule is CC/C=C\C/C=C\C/C=C\C/C=C\C/C=C\C/C=C\C/C=C\C/C=C\C/C=C\CCCCCCCCCCCC(=O)OC(COC(=O)CCCCCC/C=C\C/C=C\C/C=C\C/C=C\C/C=C\C/C=C\CC)COC(OCC[N+](C)(C)C)C(=O)[O-]. The predicted octanol–water partition coefficient (Wildman–Crippen LogP) is 19.1. The third kappa shape index (κ3) is 65.8. The standard InChI is InChI=1S/C76H119NO8/c1-6-8-10-12-14-16-18-20-22-24-26-28-30-31-32-33-34-35-36-37-38-39-40-41-42-43-45-47-49-51-53-55-57-59-61-63-65-67-74(79)85-72(71-84-76(75(80)81)82-69-68-77(3,4)5)70-83-73(78)66-64-62-60-58-56-54-52-50-48-46-44-29-27-25-23-21-19-17-15-13-11-9-7-2/h8-11,14-17,20-23,26-29,31-32,34-35,37-38,40-41,43,45-46,48,52,54,72,76H,6-7,12-13,18-19,24-25,30,33,36,39,42,44,47,49-51,53,55-71H2,1-5H3/b10-8-,11-9-,16-14-,17-15-,22-20-,23-21-,28-26-,29-27-,32-31-,35-34-,38-37-,41-40-,45-43-,48-46-,54-52-. The second kappa shape index (κ2) is 64.4. The first-order valence-corrected chi connectivity index (χ1v) is 32.9. The molecule has 0 bridgehead atoms. The Hall–Kier alpha value is -5.61. The summed E-state index contributed by atoms with van der Waals surface area (Å²) in [5, 5.41) is 11.8. The van der Waals surface area contributed by atoms with Crippen molar-refractivity contribution in [2.75, 3.05) is 47.5 Å². The van der Waals surface area contributed by atoms with Crippen molar-refractivity contribution in [3.05, 3.63) is 182 Å². The van der Waals surface area contributed by atoms with Crippen LogP contribution in [0.1, 0.15) is 219 Å². The van der Waals surface area contributed by atoms with Crippen LogP contribution in [0.5, 0.6) is 0 Å². The molecule has 9 nitrogen and oxygen atoms in total. The second-order valence-corrected chi connectivity index (χ2v) is 22.3. The number of aliphatic carboxylic acids is 1. The summed E-state index contributed by atoms with van der Waals surface area (Å²) in [5.41, 5.74) is 0. The minimum Gasteiger partial charge on any atom is -0.545 e. The number of carboxylic acid groups (broad SMARTS) is 1. The topological polar surface area (TPSA) is 111 Å². The molecule has 0 radical (unpaired) electrons. The normalized spacial score (nSPS) is 13.9. The molecule has 0 spiro atoms. The van der Waals surface area contributed by atoms with Crippen LogP contribution in [0.3, 0.4) is 0 Å². The Morgan fingerprint density at radius 2 is 0.635 bits per heavy atom. The highest BCUT2D eigenvalue weighted by molar-refractivity contribution is 5.70. The third-order valence-corrected chi connectivity index (χ3v) is 13.1. The highest BCUT2D eigenvalue weighted by Crippen LogP contribution is 2.14. The molecule has 0 aromatic carbocycles. The molecule has 0 rings (SSSR count). The molecule has 0 aliphatic carbocycles. The average molecular weight is 1170 g/mol. The number of hydrogen-bond acceptors (Lipinski definition) is 8. The zero-order chi connectivity index (χ0) is 61.9. The van der Waals surface area contributed by atoms with E-state index in [4.69, 9.17) is 18.9 Å². The van der Waals surface area contributed by atoms with E-state index in [2.05, 4.69) is 196 Å². The van der Waals surface area contributed by atoms with Gasteiger partial charge in [0, 0.05) is 12.8 Å². The van der Waals surface area contributed by atoms with Crippen molar-refractivity contribution in [2.24, 2.45) is 0 Å². The van der Waals surface area contributed by atoms with Crippen molar-refractivity contribution in [3.8, 4) is 0 Å². The van der Waals surface area contributed by atoms with E-state index in [-0.39, 0.29) is 32.7 Å². The molecule has 0 saturated heterocycles. The van der Waals surface area contributed by atoms with Gasteiger partial charge in [0.25, 0.3) is 0 Å². The highest BCUT2D eigenvalue weighted by Gasteiger charge is 2.22. The summed E-state index contributed by atoms with van der Waals surface area (Å²) in [7, 11) is 5.90. The Labute approximate surface area is 519 Å². The smallest absolute Gasteiger partial charge is 0.306 e. The Kier molecular flexibility index (Phi) is 60.1. The zero-order valence-corrected chi connectivity index (χ0v) is 54.1. The molecule has 9 heteroatoms. The van der Waals surface area contributed by atoms with Crippen LogP contribution >= 0.6 is 0 Å². The summed E-state index contributed by atoms with van der Waals surface area (Å²) >= 11 is 0. The molecule has 85 heavy (non-hydrogen) atoms. The van der Waals surface area contributed by atoms with Crippen molar-refractivity contribution in [2.45, 2.75) is 232 Å². The third-order valence-electron chi connectivity index (χ3n) is 13.1. The fraction of sp³-hybridized carbons (Fsp3) is 0.566. The summed E-state index contributed by atoms with van der Waals surface area (Å²) in [6.45, 7) is 4.45. The van der Waals surface area contributed by atoms with Crippen molar-refractivity contribution in [3.63, 3.8) is 0 Å². The molecule has 0 heterocycles. The molecular weight excluding hydrogens is 1050 g/mol. The van der Waals surface area contributed by atoms with E-state index in [1.807, 2.05) is 21.1 Å². The van der Waals surface area contributed by atoms with Gasteiger partial charge >= 0.3 is 11.9 Å². The lowest BCUT2D eigenvalue weighted by Crippen LogP contribution is -2.44. The van der Waals surface area contributed by atoms with Crippen molar-refractivity contribution >= 4 is 17.9 Å². The van der Waals surface area contributed by atoms with Gasteiger partial charge in [0.15, 0.2) is 12.4 Å². The van der Waals surface area contributed by atoms with Crippen LogP contribution in [-0.2, 0) is 33.3 Å². The molecule has 2 unspecified atom stereocenters. The number of hydrogen-bond donors (Lipinski definition) is 0. The van der Waals surface area contributed by atoms with Gasteiger partial charge in [-0.25, -0.2) is 0 Å². The van der Waals surface area contributed by atoms with E-state index in [1.54, 1.807) is 0 Å². The molecule has 0 aromatic rings. The lowest BCUT2D eigenvalue weighted by atomic mass is 10.1. The van der Waals surface area contributed by atoms with E-state index in [1.165, 1.54) is 32.1 Å². The van der Waals surface area contributed by atoms with Crippen LogP contribution in [0.25, 0.3) is 0 Å². The molecule has 0 N–H and O–H groups in total. The van der Waals surface area contributed by atoms with Gasteiger partial charge in [0.05, 0.1) is 40.3 Å². The fourth-order valence-corrected chi connectivity index (χ4v) is 8.18. The Balaban J connectivity index is 4.27. The maximum absolute atomic E-state index is 12.9. The number of likely N-dealkylation sites (N-methyl/N-ethyl adjacent to an activating group) is 1. The maximum atomic E-state index is 12.9. The number of nitrogens with zero attached hydrogens (tertiary/aromatic N) is 1. The fourth-order valence-electron chi connectivity index (χ4n) is 8.18. The molecule has 0 aliphatic rings. The van der Waals surface area contributed by atoms with E-state index in [9.17, 15) is 19.5 Å². The van der Waals surface area contributed by atoms with Crippen LogP contribution in [0, 0.1) is 0 Å². The van der Waals surface area contributed by atoms with Crippen LogP contribution < -0.4 is 5.11 Å². The molecule has 476 valence electrons. The molecule has 0 aliphatic heterocycles. The van der Waals surface area contributed by atoms with Crippen molar-refractivity contribution < 1.29 is 42.9 Å². The number of rotatable bonds is 58. The maximum Gasteiger partial charge on any atom is 0.306 e. The molecule has 0 aromatic heterocycles. The van der Waals surface area contributed by atoms with Gasteiger partial charge in [0.1, 0.15) is 13.2 Å². The van der Waals surface area contributed by atoms with Gasteiger partial charge in [-0.3, -0.25) is 9.59 Å². The lowest BCUT2D eigenvalue weighted by molar-refractivity contribution is -0.870. The molecule has 2 atom stereocenters. The quantitative estimate of drug-likeness (QED) is 0.0195. The van der Waals surface area contributed by atoms with Crippen molar-refractivity contribution in [1.29, 1.82) is 0 Å². The van der Waals surface area contributed by atoms with Gasteiger partial charge in [0.2, 0.25) is 0 Å². The number of ether oxygens (including phenoxy) is 4. The average Bonchev–Trinajstić information content (AvgIpc) is 3.48. The number of carbonyl (C=O) groups is 3. The van der Waals surface area contributed by atoms with Crippen LogP contribution in [-0.4, -0.2) is 82.3 Å².